The molecule has 0 spiro atoms. The SMILES string of the molecule is CCc1cn[nH]c1NC(=O)[C@@H]1CCCN1. The molecule has 0 unspecified atom stereocenters. The maximum Gasteiger partial charge on any atom is 0.242 e. The highest BCUT2D eigenvalue weighted by atomic mass is 16.2. The number of carbonyl (C=O) groups excluding carboxylic acids is 1. The summed E-state index contributed by atoms with van der Waals surface area (Å²) in [6.45, 7) is 2.97. The van der Waals surface area contributed by atoms with Crippen molar-refractivity contribution in [1.29, 1.82) is 0 Å². The normalized spacial score (nSPS) is 20.5. The average Bonchev–Trinajstić information content (AvgIpc) is 2.87. The third-order valence-electron chi connectivity index (χ3n) is 2.72. The van der Waals surface area contributed by atoms with Crippen molar-refractivity contribution in [1.82, 2.24) is 15.5 Å². The molecule has 15 heavy (non-hydrogen) atoms. The first kappa shape index (κ1) is 10.2. The van der Waals surface area contributed by atoms with Gasteiger partial charge in [-0.2, -0.15) is 5.10 Å². The molecule has 2 heterocycles. The van der Waals surface area contributed by atoms with Gasteiger partial charge in [0.2, 0.25) is 5.91 Å². The van der Waals surface area contributed by atoms with Crippen molar-refractivity contribution >= 4 is 11.7 Å². The van der Waals surface area contributed by atoms with E-state index in [9.17, 15) is 4.79 Å². The largest absolute Gasteiger partial charge is 0.309 e. The monoisotopic (exact) mass is 208 g/mol. The van der Waals surface area contributed by atoms with Crippen LogP contribution in [0.1, 0.15) is 25.3 Å². The molecule has 1 aromatic rings. The molecule has 1 aliphatic heterocycles. The third kappa shape index (κ3) is 2.18. The van der Waals surface area contributed by atoms with Gasteiger partial charge < -0.3 is 10.6 Å². The van der Waals surface area contributed by atoms with Gasteiger partial charge in [-0.05, 0) is 25.8 Å². The van der Waals surface area contributed by atoms with E-state index in [1.165, 1.54) is 0 Å². The summed E-state index contributed by atoms with van der Waals surface area (Å²) in [5, 5.41) is 12.7. The Morgan fingerprint density at radius 1 is 1.73 bits per heavy atom. The number of rotatable bonds is 3. The predicted molar refractivity (Wildman–Crippen MR) is 57.6 cm³/mol. The van der Waals surface area contributed by atoms with Crippen LogP contribution in [-0.4, -0.2) is 28.7 Å². The number of aromatic amines is 1. The molecule has 2 rings (SSSR count). The van der Waals surface area contributed by atoms with Crippen molar-refractivity contribution in [3.05, 3.63) is 11.8 Å². The first-order valence-electron chi connectivity index (χ1n) is 5.37. The number of aryl methyl sites for hydroxylation is 1. The van der Waals surface area contributed by atoms with Crippen LogP contribution in [0.15, 0.2) is 6.20 Å². The van der Waals surface area contributed by atoms with E-state index in [-0.39, 0.29) is 11.9 Å². The second kappa shape index (κ2) is 4.44. The minimum absolute atomic E-state index is 0.0338. The molecule has 1 fully saturated rings. The van der Waals surface area contributed by atoms with E-state index >= 15 is 0 Å². The van der Waals surface area contributed by atoms with Crippen LogP contribution >= 0.6 is 0 Å². The molecular weight excluding hydrogens is 192 g/mol. The van der Waals surface area contributed by atoms with Gasteiger partial charge in [-0.25, -0.2) is 0 Å². The van der Waals surface area contributed by atoms with Gasteiger partial charge in [0.15, 0.2) is 0 Å². The summed E-state index contributed by atoms with van der Waals surface area (Å²) in [5.41, 5.74) is 1.04. The van der Waals surface area contributed by atoms with E-state index in [4.69, 9.17) is 0 Å². The number of nitrogens with one attached hydrogen (secondary N) is 3. The van der Waals surface area contributed by atoms with E-state index < -0.39 is 0 Å². The molecule has 1 saturated heterocycles. The topological polar surface area (TPSA) is 69.8 Å². The summed E-state index contributed by atoms with van der Waals surface area (Å²) < 4.78 is 0. The fourth-order valence-corrected chi connectivity index (χ4v) is 1.81. The van der Waals surface area contributed by atoms with Crippen LogP contribution in [0.25, 0.3) is 0 Å². The van der Waals surface area contributed by atoms with Crippen LogP contribution in [0, 0.1) is 0 Å². The molecule has 0 radical (unpaired) electrons. The van der Waals surface area contributed by atoms with E-state index in [1.807, 2.05) is 6.92 Å². The van der Waals surface area contributed by atoms with Crippen LogP contribution in [0.2, 0.25) is 0 Å². The van der Waals surface area contributed by atoms with E-state index in [0.717, 1.165) is 37.2 Å². The summed E-state index contributed by atoms with van der Waals surface area (Å²) in [7, 11) is 0. The van der Waals surface area contributed by atoms with Gasteiger partial charge in [0.05, 0.1) is 12.2 Å². The lowest BCUT2D eigenvalue weighted by Crippen LogP contribution is -2.35. The van der Waals surface area contributed by atoms with Crippen molar-refractivity contribution in [3.63, 3.8) is 0 Å². The number of hydrogen-bond acceptors (Lipinski definition) is 3. The van der Waals surface area contributed by atoms with Gasteiger partial charge in [0.1, 0.15) is 5.82 Å². The molecule has 1 aromatic heterocycles. The molecule has 0 saturated carbocycles. The zero-order valence-electron chi connectivity index (χ0n) is 8.84. The molecule has 0 aliphatic carbocycles. The number of hydrogen-bond donors (Lipinski definition) is 3. The van der Waals surface area contributed by atoms with Crippen molar-refractivity contribution < 1.29 is 4.79 Å². The Morgan fingerprint density at radius 3 is 3.27 bits per heavy atom. The Balaban J connectivity index is 1.98. The Hall–Kier alpha value is -1.36. The van der Waals surface area contributed by atoms with E-state index in [0.29, 0.717) is 0 Å². The Labute approximate surface area is 88.6 Å². The zero-order chi connectivity index (χ0) is 10.7. The molecule has 1 amide bonds. The summed E-state index contributed by atoms with van der Waals surface area (Å²) in [6.07, 6.45) is 4.60. The fraction of sp³-hybridized carbons (Fsp3) is 0.600. The summed E-state index contributed by atoms with van der Waals surface area (Å²) in [4.78, 5) is 11.8. The number of aromatic nitrogens is 2. The lowest BCUT2D eigenvalue weighted by Gasteiger charge is -2.10. The molecule has 5 nitrogen and oxygen atoms in total. The molecule has 5 heteroatoms. The van der Waals surface area contributed by atoms with Crippen molar-refractivity contribution in [2.24, 2.45) is 0 Å². The van der Waals surface area contributed by atoms with Crippen LogP contribution in [-0.2, 0) is 11.2 Å². The quantitative estimate of drug-likeness (QED) is 0.683. The summed E-state index contributed by atoms with van der Waals surface area (Å²) in [5.74, 6) is 0.766. The maximum atomic E-state index is 11.8. The maximum absolute atomic E-state index is 11.8. The number of amides is 1. The van der Waals surface area contributed by atoms with Crippen LogP contribution in [0.5, 0.6) is 0 Å². The lowest BCUT2D eigenvalue weighted by atomic mass is 10.2. The Morgan fingerprint density at radius 2 is 2.60 bits per heavy atom. The van der Waals surface area contributed by atoms with Gasteiger partial charge in [0, 0.05) is 5.56 Å². The van der Waals surface area contributed by atoms with Crippen LogP contribution < -0.4 is 10.6 Å². The standard InChI is InChI=1S/C10H16N4O/c1-2-7-6-12-14-9(7)13-10(15)8-4-3-5-11-8/h6,8,11H,2-5H2,1H3,(H2,12,13,14,15)/t8-/m0/s1. The molecule has 0 aromatic carbocycles. The summed E-state index contributed by atoms with van der Waals surface area (Å²) in [6, 6.07) is -0.0435. The average molecular weight is 208 g/mol. The summed E-state index contributed by atoms with van der Waals surface area (Å²) >= 11 is 0. The predicted octanol–water partition coefficient (Wildman–Crippen LogP) is 0.663. The second-order valence-electron chi connectivity index (χ2n) is 3.76. The number of anilines is 1. The van der Waals surface area contributed by atoms with Crippen LogP contribution in [0.3, 0.4) is 0 Å². The lowest BCUT2D eigenvalue weighted by molar-refractivity contribution is -0.117. The highest BCUT2D eigenvalue weighted by Crippen LogP contribution is 2.13. The van der Waals surface area contributed by atoms with Crippen LogP contribution in [0.4, 0.5) is 5.82 Å². The van der Waals surface area contributed by atoms with Gasteiger partial charge in [-0.1, -0.05) is 6.92 Å². The molecule has 82 valence electrons. The number of carbonyl (C=O) groups is 1. The molecule has 1 aliphatic rings. The Bertz CT molecular complexity index is 341. The van der Waals surface area contributed by atoms with E-state index in [2.05, 4.69) is 20.8 Å². The molecule has 3 N–H and O–H groups in total. The van der Waals surface area contributed by atoms with Crippen molar-refractivity contribution in [2.75, 3.05) is 11.9 Å². The van der Waals surface area contributed by atoms with Gasteiger partial charge in [-0.15, -0.1) is 0 Å². The second-order valence-corrected chi connectivity index (χ2v) is 3.76. The molecule has 1 atom stereocenters. The fourth-order valence-electron chi connectivity index (χ4n) is 1.81. The number of H-pyrrole nitrogens is 1. The minimum atomic E-state index is -0.0435. The minimum Gasteiger partial charge on any atom is -0.309 e. The number of nitrogens with zero attached hydrogens (tertiary/aromatic N) is 1. The zero-order valence-corrected chi connectivity index (χ0v) is 8.84. The Kier molecular flexibility index (Phi) is 3.01. The van der Waals surface area contributed by atoms with Gasteiger partial charge in [-0.3, -0.25) is 9.89 Å². The van der Waals surface area contributed by atoms with Gasteiger partial charge >= 0.3 is 0 Å². The molecule has 0 bridgehead atoms. The van der Waals surface area contributed by atoms with Crippen molar-refractivity contribution in [2.45, 2.75) is 32.2 Å². The highest BCUT2D eigenvalue weighted by Gasteiger charge is 2.22. The van der Waals surface area contributed by atoms with Gasteiger partial charge in [0.25, 0.3) is 0 Å². The first-order valence-corrected chi connectivity index (χ1v) is 5.37. The van der Waals surface area contributed by atoms with E-state index in [1.54, 1.807) is 6.20 Å². The van der Waals surface area contributed by atoms with Crippen molar-refractivity contribution in [3.8, 4) is 0 Å². The molecular formula is C10H16N4O. The highest BCUT2D eigenvalue weighted by molar-refractivity contribution is 5.94. The first-order chi connectivity index (χ1) is 7.31. The smallest absolute Gasteiger partial charge is 0.242 e. The third-order valence-corrected chi connectivity index (χ3v) is 2.72.